The van der Waals surface area contributed by atoms with Gasteiger partial charge in [-0.2, -0.15) is 0 Å². The Balaban J connectivity index is 2.15. The molecule has 0 aliphatic heterocycles. The second kappa shape index (κ2) is 4.89. The standard InChI is InChI=1S/C13H12N4OS/c1-18-11-6-4-3-5-10(11)17-8-9-7-14-13(19-2)15-12(9)16-17/h3-8H,1-2H3. The smallest absolute Gasteiger partial charge is 0.189 e. The molecule has 0 unspecified atom stereocenters. The van der Waals surface area contributed by atoms with Crippen LogP contribution in [-0.4, -0.2) is 33.1 Å². The molecule has 0 bridgehead atoms. The van der Waals surface area contributed by atoms with Crippen molar-refractivity contribution in [1.82, 2.24) is 19.7 Å². The lowest BCUT2D eigenvalue weighted by Crippen LogP contribution is -1.98. The highest BCUT2D eigenvalue weighted by Gasteiger charge is 2.09. The average molecular weight is 272 g/mol. The molecule has 5 nitrogen and oxygen atoms in total. The lowest BCUT2D eigenvalue weighted by molar-refractivity contribution is 0.412. The maximum absolute atomic E-state index is 5.34. The Labute approximate surface area is 114 Å². The molecule has 1 aromatic carbocycles. The predicted octanol–water partition coefficient (Wildman–Crippen LogP) is 2.55. The van der Waals surface area contributed by atoms with E-state index in [0.29, 0.717) is 5.65 Å². The van der Waals surface area contributed by atoms with Crippen LogP contribution in [-0.2, 0) is 0 Å². The van der Waals surface area contributed by atoms with Crippen LogP contribution in [0.25, 0.3) is 16.7 Å². The van der Waals surface area contributed by atoms with Gasteiger partial charge in [-0.3, -0.25) is 0 Å². The molecule has 0 N–H and O–H groups in total. The molecule has 0 aliphatic rings. The van der Waals surface area contributed by atoms with Crippen molar-refractivity contribution >= 4 is 22.8 Å². The lowest BCUT2D eigenvalue weighted by atomic mass is 10.3. The highest BCUT2D eigenvalue weighted by atomic mass is 32.2. The zero-order chi connectivity index (χ0) is 13.2. The number of para-hydroxylation sites is 2. The maximum Gasteiger partial charge on any atom is 0.189 e. The number of methoxy groups -OCH3 is 1. The number of benzene rings is 1. The molecule has 0 saturated heterocycles. The first-order valence-electron chi connectivity index (χ1n) is 5.71. The number of rotatable bonds is 3. The Bertz CT molecular complexity index is 725. The summed E-state index contributed by atoms with van der Waals surface area (Å²) in [4.78, 5) is 8.62. The van der Waals surface area contributed by atoms with Gasteiger partial charge in [-0.05, 0) is 18.4 Å². The van der Waals surface area contributed by atoms with Gasteiger partial charge in [0, 0.05) is 12.4 Å². The van der Waals surface area contributed by atoms with Crippen LogP contribution in [0, 0.1) is 0 Å². The summed E-state index contributed by atoms with van der Waals surface area (Å²) in [5, 5.41) is 6.10. The summed E-state index contributed by atoms with van der Waals surface area (Å²) >= 11 is 1.50. The number of ether oxygens (including phenoxy) is 1. The fourth-order valence-corrected chi connectivity index (χ4v) is 2.18. The topological polar surface area (TPSA) is 52.8 Å². The monoisotopic (exact) mass is 272 g/mol. The summed E-state index contributed by atoms with van der Waals surface area (Å²) < 4.78 is 7.11. The largest absolute Gasteiger partial charge is 0.494 e. The van der Waals surface area contributed by atoms with Crippen LogP contribution < -0.4 is 4.74 Å². The van der Waals surface area contributed by atoms with Gasteiger partial charge in [0.2, 0.25) is 0 Å². The molecule has 96 valence electrons. The number of hydrogen-bond acceptors (Lipinski definition) is 5. The Morgan fingerprint density at radius 2 is 2.11 bits per heavy atom. The lowest BCUT2D eigenvalue weighted by Gasteiger charge is -2.06. The van der Waals surface area contributed by atoms with Gasteiger partial charge in [-0.1, -0.05) is 23.9 Å². The van der Waals surface area contributed by atoms with Gasteiger partial charge in [-0.15, -0.1) is 5.10 Å². The third-order valence-electron chi connectivity index (χ3n) is 2.75. The first-order chi connectivity index (χ1) is 9.31. The molecule has 0 spiro atoms. The maximum atomic E-state index is 5.34. The van der Waals surface area contributed by atoms with Crippen molar-refractivity contribution in [2.75, 3.05) is 13.4 Å². The molecule has 2 heterocycles. The Kier molecular flexibility index (Phi) is 3.08. The quantitative estimate of drug-likeness (QED) is 0.542. The van der Waals surface area contributed by atoms with Crippen LogP contribution in [0.15, 0.2) is 41.8 Å². The van der Waals surface area contributed by atoms with Gasteiger partial charge in [0.15, 0.2) is 10.8 Å². The van der Waals surface area contributed by atoms with Crippen LogP contribution in [0.4, 0.5) is 0 Å². The van der Waals surface area contributed by atoms with Crippen molar-refractivity contribution < 1.29 is 4.74 Å². The minimum atomic E-state index is 0.685. The fourth-order valence-electron chi connectivity index (χ4n) is 1.84. The van der Waals surface area contributed by atoms with Crippen LogP contribution in [0.3, 0.4) is 0 Å². The summed E-state index contributed by atoms with van der Waals surface area (Å²) in [5.41, 5.74) is 1.57. The summed E-state index contributed by atoms with van der Waals surface area (Å²) in [6.45, 7) is 0. The number of nitrogens with zero attached hydrogens (tertiary/aromatic N) is 4. The second-order valence-corrected chi connectivity index (χ2v) is 4.65. The van der Waals surface area contributed by atoms with Crippen molar-refractivity contribution in [1.29, 1.82) is 0 Å². The van der Waals surface area contributed by atoms with Crippen molar-refractivity contribution in [2.24, 2.45) is 0 Å². The normalized spacial score (nSPS) is 10.8. The van der Waals surface area contributed by atoms with Gasteiger partial charge < -0.3 is 4.74 Å². The molecule has 3 rings (SSSR count). The van der Waals surface area contributed by atoms with Crippen LogP contribution in [0.5, 0.6) is 5.75 Å². The average Bonchev–Trinajstić information content (AvgIpc) is 2.89. The van der Waals surface area contributed by atoms with Gasteiger partial charge in [-0.25, -0.2) is 14.6 Å². The van der Waals surface area contributed by atoms with E-state index in [0.717, 1.165) is 22.0 Å². The number of fused-ring (bicyclic) bond motifs is 1. The van der Waals surface area contributed by atoms with E-state index in [4.69, 9.17) is 4.74 Å². The molecule has 3 aromatic rings. The SMILES string of the molecule is COc1ccccc1-n1cc2cnc(SC)nc2n1. The van der Waals surface area contributed by atoms with Gasteiger partial charge in [0.25, 0.3) is 0 Å². The number of aromatic nitrogens is 4. The number of hydrogen-bond donors (Lipinski definition) is 0. The van der Waals surface area contributed by atoms with Crippen LogP contribution in [0.1, 0.15) is 0 Å². The Hall–Kier alpha value is -2.08. The van der Waals surface area contributed by atoms with E-state index in [9.17, 15) is 0 Å². The molecular formula is C13H12N4OS. The first-order valence-corrected chi connectivity index (χ1v) is 6.94. The first kappa shape index (κ1) is 12.0. The van der Waals surface area contributed by atoms with Crippen LogP contribution in [0.2, 0.25) is 0 Å². The second-order valence-electron chi connectivity index (χ2n) is 3.88. The van der Waals surface area contributed by atoms with E-state index >= 15 is 0 Å². The minimum absolute atomic E-state index is 0.685. The molecule has 0 saturated carbocycles. The van der Waals surface area contributed by atoms with Gasteiger partial charge in [0.05, 0.1) is 12.5 Å². The van der Waals surface area contributed by atoms with E-state index in [1.54, 1.807) is 18.0 Å². The molecule has 0 aliphatic carbocycles. The van der Waals surface area contributed by atoms with Crippen molar-refractivity contribution in [3.63, 3.8) is 0 Å². The molecular weight excluding hydrogens is 260 g/mol. The third kappa shape index (κ3) is 2.15. The highest BCUT2D eigenvalue weighted by Crippen LogP contribution is 2.23. The summed E-state index contributed by atoms with van der Waals surface area (Å²) in [5.74, 6) is 0.772. The molecule has 19 heavy (non-hydrogen) atoms. The Morgan fingerprint density at radius 1 is 1.26 bits per heavy atom. The molecule has 2 aromatic heterocycles. The van der Waals surface area contributed by atoms with Gasteiger partial charge in [0.1, 0.15) is 11.4 Å². The van der Waals surface area contributed by atoms with E-state index in [2.05, 4.69) is 15.1 Å². The summed E-state index contributed by atoms with van der Waals surface area (Å²) in [7, 11) is 1.65. The fraction of sp³-hybridized carbons (Fsp3) is 0.154. The van der Waals surface area contributed by atoms with E-state index in [1.165, 1.54) is 11.8 Å². The highest BCUT2D eigenvalue weighted by molar-refractivity contribution is 7.98. The molecule has 0 fully saturated rings. The van der Waals surface area contributed by atoms with Crippen molar-refractivity contribution in [3.05, 3.63) is 36.7 Å². The van der Waals surface area contributed by atoms with Gasteiger partial charge >= 0.3 is 0 Å². The van der Waals surface area contributed by atoms with E-state index < -0.39 is 0 Å². The Morgan fingerprint density at radius 3 is 2.89 bits per heavy atom. The minimum Gasteiger partial charge on any atom is -0.494 e. The van der Waals surface area contributed by atoms with Crippen molar-refractivity contribution in [2.45, 2.75) is 5.16 Å². The molecule has 0 amide bonds. The third-order valence-corrected chi connectivity index (χ3v) is 3.31. The molecule has 6 heteroatoms. The zero-order valence-electron chi connectivity index (χ0n) is 10.6. The number of thioether (sulfide) groups is 1. The van der Waals surface area contributed by atoms with Crippen LogP contribution >= 0.6 is 11.8 Å². The zero-order valence-corrected chi connectivity index (χ0v) is 11.4. The van der Waals surface area contributed by atoms with E-state index in [-0.39, 0.29) is 0 Å². The molecule has 0 radical (unpaired) electrons. The summed E-state index contributed by atoms with van der Waals surface area (Å²) in [6, 6.07) is 7.73. The van der Waals surface area contributed by atoms with E-state index in [1.807, 2.05) is 36.7 Å². The van der Waals surface area contributed by atoms with Crippen molar-refractivity contribution in [3.8, 4) is 11.4 Å². The predicted molar refractivity (Wildman–Crippen MR) is 75.0 cm³/mol. The molecule has 0 atom stereocenters. The summed E-state index contributed by atoms with van der Waals surface area (Å²) in [6.07, 6.45) is 5.63.